The molecule has 1 amide bonds. The van der Waals surface area contributed by atoms with Crippen molar-refractivity contribution in [2.24, 2.45) is 0 Å². The van der Waals surface area contributed by atoms with Crippen molar-refractivity contribution < 1.29 is 19.1 Å². The zero-order chi connectivity index (χ0) is 13.8. The lowest BCUT2D eigenvalue weighted by atomic mass is 10.1. The second-order valence-electron chi connectivity index (χ2n) is 4.14. The van der Waals surface area contributed by atoms with Gasteiger partial charge < -0.3 is 14.4 Å². The van der Waals surface area contributed by atoms with Crippen LogP contribution in [0.15, 0.2) is 47.3 Å². The van der Waals surface area contributed by atoms with Crippen molar-refractivity contribution in [1.82, 2.24) is 4.90 Å². The summed E-state index contributed by atoms with van der Waals surface area (Å²) in [6.07, 6.45) is 3.08. The molecule has 0 unspecified atom stereocenters. The number of carboxylic acids is 1. The third kappa shape index (κ3) is 2.82. The van der Waals surface area contributed by atoms with Gasteiger partial charge in [-0.1, -0.05) is 12.1 Å². The minimum Gasteiger partial charge on any atom is -0.478 e. The van der Waals surface area contributed by atoms with Crippen LogP contribution < -0.4 is 0 Å². The number of aromatic carboxylic acids is 1. The second-order valence-corrected chi connectivity index (χ2v) is 4.14. The van der Waals surface area contributed by atoms with Gasteiger partial charge in [-0.15, -0.1) is 0 Å². The fourth-order valence-electron chi connectivity index (χ4n) is 1.79. The van der Waals surface area contributed by atoms with E-state index in [0.29, 0.717) is 6.54 Å². The van der Waals surface area contributed by atoms with Crippen molar-refractivity contribution in [3.63, 3.8) is 0 Å². The molecule has 0 aliphatic carbocycles. The van der Waals surface area contributed by atoms with Gasteiger partial charge >= 0.3 is 5.97 Å². The van der Waals surface area contributed by atoms with Crippen LogP contribution in [0.3, 0.4) is 0 Å². The number of carbonyl (C=O) groups excluding carboxylic acids is 1. The Morgan fingerprint density at radius 3 is 2.47 bits per heavy atom. The third-order valence-electron chi connectivity index (χ3n) is 2.73. The van der Waals surface area contributed by atoms with Crippen molar-refractivity contribution in [3.05, 3.63) is 59.5 Å². The molecule has 2 aromatic rings. The topological polar surface area (TPSA) is 70.8 Å². The Morgan fingerprint density at radius 2 is 1.89 bits per heavy atom. The summed E-state index contributed by atoms with van der Waals surface area (Å²) < 4.78 is 4.93. The summed E-state index contributed by atoms with van der Waals surface area (Å²) >= 11 is 0. The Labute approximate surface area is 110 Å². The van der Waals surface area contributed by atoms with E-state index < -0.39 is 5.97 Å². The standard InChI is InChI=1S/C14H13NO4/c1-15(8-10-6-7-19-9-10)13(16)11-4-2-3-5-12(11)14(17)18/h2-7,9H,8H2,1H3,(H,17,18). The minimum atomic E-state index is -1.11. The Balaban J connectivity index is 2.22. The molecular formula is C14H13NO4. The number of nitrogens with zero attached hydrogens (tertiary/aromatic N) is 1. The van der Waals surface area contributed by atoms with E-state index >= 15 is 0 Å². The van der Waals surface area contributed by atoms with Crippen LogP contribution in [-0.2, 0) is 6.54 Å². The summed E-state index contributed by atoms with van der Waals surface area (Å²) in [6, 6.07) is 7.92. The molecular weight excluding hydrogens is 246 g/mol. The summed E-state index contributed by atoms with van der Waals surface area (Å²) in [5.74, 6) is -1.44. The summed E-state index contributed by atoms with van der Waals surface area (Å²) in [7, 11) is 1.62. The Morgan fingerprint density at radius 1 is 1.21 bits per heavy atom. The highest BCUT2D eigenvalue weighted by Crippen LogP contribution is 2.13. The van der Waals surface area contributed by atoms with Gasteiger partial charge in [-0.05, 0) is 18.2 Å². The SMILES string of the molecule is CN(Cc1ccoc1)C(=O)c1ccccc1C(=O)O. The summed E-state index contributed by atoms with van der Waals surface area (Å²) in [4.78, 5) is 24.8. The monoisotopic (exact) mass is 259 g/mol. The third-order valence-corrected chi connectivity index (χ3v) is 2.73. The molecule has 1 N–H and O–H groups in total. The van der Waals surface area contributed by atoms with E-state index in [2.05, 4.69) is 0 Å². The average Bonchev–Trinajstić information content (AvgIpc) is 2.90. The first kappa shape index (κ1) is 12.9. The molecule has 0 bridgehead atoms. The van der Waals surface area contributed by atoms with Gasteiger partial charge in [0.2, 0.25) is 0 Å². The minimum absolute atomic E-state index is 0.00606. The van der Waals surface area contributed by atoms with Crippen molar-refractivity contribution >= 4 is 11.9 Å². The van der Waals surface area contributed by atoms with E-state index in [1.54, 1.807) is 31.5 Å². The van der Waals surface area contributed by atoms with Gasteiger partial charge in [-0.3, -0.25) is 4.79 Å². The van der Waals surface area contributed by atoms with Crippen molar-refractivity contribution in [2.75, 3.05) is 7.05 Å². The summed E-state index contributed by atoms with van der Waals surface area (Å²) in [5.41, 5.74) is 1.04. The molecule has 5 heteroatoms. The molecule has 1 heterocycles. The normalized spacial score (nSPS) is 10.2. The van der Waals surface area contributed by atoms with Gasteiger partial charge in [0, 0.05) is 19.2 Å². The number of furan rings is 1. The number of rotatable bonds is 4. The predicted molar refractivity (Wildman–Crippen MR) is 67.9 cm³/mol. The number of carboxylic acid groups (broad SMARTS) is 1. The van der Waals surface area contributed by atoms with Crippen LogP contribution >= 0.6 is 0 Å². The fraction of sp³-hybridized carbons (Fsp3) is 0.143. The largest absolute Gasteiger partial charge is 0.478 e. The van der Waals surface area contributed by atoms with E-state index in [-0.39, 0.29) is 17.0 Å². The number of carbonyl (C=O) groups is 2. The quantitative estimate of drug-likeness (QED) is 0.914. The van der Waals surface area contributed by atoms with E-state index in [1.807, 2.05) is 0 Å². The maximum atomic E-state index is 12.2. The average molecular weight is 259 g/mol. The molecule has 0 saturated heterocycles. The Bertz CT molecular complexity index is 589. The lowest BCUT2D eigenvalue weighted by molar-refractivity contribution is 0.0680. The highest BCUT2D eigenvalue weighted by atomic mass is 16.4. The zero-order valence-corrected chi connectivity index (χ0v) is 10.4. The number of amides is 1. The van der Waals surface area contributed by atoms with Gasteiger partial charge in [-0.2, -0.15) is 0 Å². The molecule has 0 radical (unpaired) electrons. The van der Waals surface area contributed by atoms with E-state index in [9.17, 15) is 9.59 Å². The molecule has 0 saturated carbocycles. The van der Waals surface area contributed by atoms with Crippen molar-refractivity contribution in [3.8, 4) is 0 Å². The van der Waals surface area contributed by atoms with Gasteiger partial charge in [0.1, 0.15) is 0 Å². The number of hydrogen-bond acceptors (Lipinski definition) is 3. The van der Waals surface area contributed by atoms with Gasteiger partial charge in [-0.25, -0.2) is 4.79 Å². The van der Waals surface area contributed by atoms with Gasteiger partial charge in [0.25, 0.3) is 5.91 Å². The number of benzene rings is 1. The highest BCUT2D eigenvalue weighted by Gasteiger charge is 2.19. The Hall–Kier alpha value is -2.56. The highest BCUT2D eigenvalue weighted by molar-refractivity contribution is 6.04. The van der Waals surface area contributed by atoms with Crippen LogP contribution in [0.25, 0.3) is 0 Å². The van der Waals surface area contributed by atoms with E-state index in [0.717, 1.165) is 5.56 Å². The van der Waals surface area contributed by atoms with Gasteiger partial charge in [0.15, 0.2) is 0 Å². The maximum Gasteiger partial charge on any atom is 0.336 e. The first-order valence-corrected chi connectivity index (χ1v) is 5.68. The summed E-state index contributed by atoms with van der Waals surface area (Å²) in [5, 5.41) is 9.07. The van der Waals surface area contributed by atoms with Crippen molar-refractivity contribution in [1.29, 1.82) is 0 Å². The molecule has 19 heavy (non-hydrogen) atoms. The summed E-state index contributed by atoms with van der Waals surface area (Å²) in [6.45, 7) is 0.364. The zero-order valence-electron chi connectivity index (χ0n) is 10.4. The first-order valence-electron chi connectivity index (χ1n) is 5.68. The lowest BCUT2D eigenvalue weighted by Gasteiger charge is -2.17. The molecule has 0 spiro atoms. The molecule has 0 aliphatic heterocycles. The van der Waals surface area contributed by atoms with Crippen LogP contribution in [0.5, 0.6) is 0 Å². The van der Waals surface area contributed by atoms with Crippen LogP contribution in [0, 0.1) is 0 Å². The maximum absolute atomic E-state index is 12.2. The molecule has 2 rings (SSSR count). The molecule has 0 fully saturated rings. The molecule has 0 aliphatic rings. The van der Waals surface area contributed by atoms with Crippen molar-refractivity contribution in [2.45, 2.75) is 6.54 Å². The van der Waals surface area contributed by atoms with Crippen LogP contribution in [0.4, 0.5) is 0 Å². The molecule has 1 aromatic carbocycles. The van der Waals surface area contributed by atoms with Crippen LogP contribution in [0.2, 0.25) is 0 Å². The second kappa shape index (κ2) is 5.39. The predicted octanol–water partition coefficient (Wildman–Crippen LogP) is 2.25. The number of hydrogen-bond donors (Lipinski definition) is 1. The van der Waals surface area contributed by atoms with Crippen LogP contribution in [-0.4, -0.2) is 28.9 Å². The fourth-order valence-corrected chi connectivity index (χ4v) is 1.79. The molecule has 1 aromatic heterocycles. The van der Waals surface area contributed by atoms with E-state index in [4.69, 9.17) is 9.52 Å². The molecule has 5 nitrogen and oxygen atoms in total. The molecule has 0 atom stereocenters. The van der Waals surface area contributed by atoms with E-state index in [1.165, 1.54) is 23.3 Å². The van der Waals surface area contributed by atoms with Crippen LogP contribution in [0.1, 0.15) is 26.3 Å². The smallest absolute Gasteiger partial charge is 0.336 e. The van der Waals surface area contributed by atoms with Gasteiger partial charge in [0.05, 0.1) is 23.7 Å². The Kier molecular flexibility index (Phi) is 3.66. The molecule has 98 valence electrons. The lowest BCUT2D eigenvalue weighted by Crippen LogP contribution is -2.27. The first-order chi connectivity index (χ1) is 9.09.